The van der Waals surface area contributed by atoms with Crippen LogP contribution in [0.5, 0.6) is 11.5 Å². The van der Waals surface area contributed by atoms with Crippen LogP contribution in [0.3, 0.4) is 0 Å². The predicted octanol–water partition coefficient (Wildman–Crippen LogP) is 3.09. The number of carbonyl (C=O) groups excluding carboxylic acids is 1. The summed E-state index contributed by atoms with van der Waals surface area (Å²) < 4.78 is 11.6. The molecule has 2 heterocycles. The number of carbonyl (C=O) groups is 1. The molecule has 1 aliphatic rings. The number of hydrogen-bond donors (Lipinski definition) is 1. The zero-order valence-electron chi connectivity index (χ0n) is 14.4. The number of aromatic amines is 1. The fourth-order valence-corrected chi connectivity index (χ4v) is 3.00. The van der Waals surface area contributed by atoms with Crippen LogP contribution >= 0.6 is 0 Å². The number of fused-ring (bicyclic) bond motifs is 1. The third-order valence-corrected chi connectivity index (χ3v) is 4.34. The number of nitrogens with zero attached hydrogens (tertiary/aromatic N) is 2. The molecule has 6 nitrogen and oxygen atoms in total. The van der Waals surface area contributed by atoms with Crippen molar-refractivity contribution in [3.05, 3.63) is 72.3 Å². The van der Waals surface area contributed by atoms with Crippen molar-refractivity contribution in [2.75, 3.05) is 11.5 Å². The molecule has 1 amide bonds. The largest absolute Gasteiger partial charge is 0.485 e. The lowest BCUT2D eigenvalue weighted by Crippen LogP contribution is -2.46. The van der Waals surface area contributed by atoms with E-state index in [-0.39, 0.29) is 12.5 Å². The predicted molar refractivity (Wildman–Crippen MR) is 97.3 cm³/mol. The van der Waals surface area contributed by atoms with Gasteiger partial charge in [-0.2, -0.15) is 0 Å². The van der Waals surface area contributed by atoms with Crippen molar-refractivity contribution in [3.63, 3.8) is 0 Å². The molecule has 0 aliphatic carbocycles. The third-order valence-electron chi connectivity index (χ3n) is 4.34. The smallest absolute Gasteiger partial charge is 0.272 e. The van der Waals surface area contributed by atoms with E-state index in [0.29, 0.717) is 18.0 Å². The standard InChI is InChI=1S/C20H19N3O3/c1-14-6-2-3-7-16(14)23(11-15-10-21-13-22-15)20(24)19-12-25-17-8-4-5-9-18(17)26-19/h2-10,13,19H,11-12H2,1H3,(H,21,22)/t19-/m1/s1. The Kier molecular flexibility index (Phi) is 4.31. The molecular weight excluding hydrogens is 330 g/mol. The molecule has 0 fully saturated rings. The summed E-state index contributed by atoms with van der Waals surface area (Å²) in [6, 6.07) is 15.2. The van der Waals surface area contributed by atoms with E-state index >= 15 is 0 Å². The van der Waals surface area contributed by atoms with Gasteiger partial charge in [0.15, 0.2) is 11.5 Å². The van der Waals surface area contributed by atoms with E-state index < -0.39 is 6.10 Å². The van der Waals surface area contributed by atoms with Gasteiger partial charge in [-0.25, -0.2) is 4.98 Å². The van der Waals surface area contributed by atoms with E-state index in [9.17, 15) is 4.79 Å². The number of aromatic nitrogens is 2. The zero-order chi connectivity index (χ0) is 17.9. The van der Waals surface area contributed by atoms with Gasteiger partial charge in [-0.1, -0.05) is 30.3 Å². The van der Waals surface area contributed by atoms with Crippen molar-refractivity contribution in [1.82, 2.24) is 9.97 Å². The van der Waals surface area contributed by atoms with Gasteiger partial charge in [-0.05, 0) is 30.7 Å². The number of H-pyrrole nitrogens is 1. The Morgan fingerprint density at radius 2 is 1.96 bits per heavy atom. The average molecular weight is 349 g/mol. The molecule has 0 spiro atoms. The second-order valence-electron chi connectivity index (χ2n) is 6.15. The summed E-state index contributed by atoms with van der Waals surface area (Å²) in [4.78, 5) is 22.1. The number of anilines is 1. The highest BCUT2D eigenvalue weighted by Gasteiger charge is 2.32. The van der Waals surface area contributed by atoms with Crippen molar-refractivity contribution in [2.45, 2.75) is 19.6 Å². The third kappa shape index (κ3) is 3.13. The minimum Gasteiger partial charge on any atom is -0.485 e. The molecule has 0 radical (unpaired) electrons. The van der Waals surface area contributed by atoms with Crippen LogP contribution in [0.2, 0.25) is 0 Å². The SMILES string of the molecule is Cc1ccccc1N(Cc1cnc[nH]1)C(=O)[C@H]1COc2ccccc2O1. The molecule has 4 rings (SSSR count). The minimum absolute atomic E-state index is 0.150. The van der Waals surface area contributed by atoms with E-state index in [1.165, 1.54) is 0 Å². The van der Waals surface area contributed by atoms with E-state index in [4.69, 9.17) is 9.47 Å². The van der Waals surface area contributed by atoms with Gasteiger partial charge in [-0.3, -0.25) is 4.79 Å². The molecule has 0 saturated carbocycles. The van der Waals surface area contributed by atoms with E-state index in [0.717, 1.165) is 16.9 Å². The first-order valence-electron chi connectivity index (χ1n) is 8.45. The topological polar surface area (TPSA) is 67.5 Å². The summed E-state index contributed by atoms with van der Waals surface area (Å²) in [5, 5.41) is 0. The van der Waals surface area contributed by atoms with Crippen LogP contribution < -0.4 is 14.4 Å². The van der Waals surface area contributed by atoms with Gasteiger partial charge >= 0.3 is 0 Å². The van der Waals surface area contributed by atoms with Gasteiger partial charge in [0.25, 0.3) is 5.91 Å². The van der Waals surface area contributed by atoms with Crippen LogP contribution in [0.4, 0.5) is 5.69 Å². The number of amides is 1. The van der Waals surface area contributed by atoms with Gasteiger partial charge < -0.3 is 19.4 Å². The monoisotopic (exact) mass is 349 g/mol. The maximum absolute atomic E-state index is 13.3. The van der Waals surface area contributed by atoms with Crippen molar-refractivity contribution >= 4 is 11.6 Å². The van der Waals surface area contributed by atoms with Crippen LogP contribution in [0.25, 0.3) is 0 Å². The highest BCUT2D eigenvalue weighted by molar-refractivity contribution is 5.97. The number of benzene rings is 2. The van der Waals surface area contributed by atoms with Crippen molar-refractivity contribution in [1.29, 1.82) is 0 Å². The molecule has 132 valence electrons. The number of rotatable bonds is 4. The number of nitrogens with one attached hydrogen (secondary N) is 1. The number of hydrogen-bond acceptors (Lipinski definition) is 4. The van der Waals surface area contributed by atoms with Crippen molar-refractivity contribution in [2.24, 2.45) is 0 Å². The van der Waals surface area contributed by atoms with E-state index in [2.05, 4.69) is 9.97 Å². The summed E-state index contributed by atoms with van der Waals surface area (Å²) in [5.74, 6) is 1.10. The second-order valence-corrected chi connectivity index (χ2v) is 6.15. The first kappa shape index (κ1) is 16.2. The van der Waals surface area contributed by atoms with Crippen LogP contribution in [0.1, 0.15) is 11.3 Å². The Morgan fingerprint density at radius 3 is 2.73 bits per heavy atom. The number of imidazole rings is 1. The second kappa shape index (κ2) is 6.92. The molecule has 1 atom stereocenters. The van der Waals surface area contributed by atoms with Crippen LogP contribution in [0.15, 0.2) is 61.1 Å². The van der Waals surface area contributed by atoms with Crippen LogP contribution in [0, 0.1) is 6.92 Å². The molecule has 0 bridgehead atoms. The zero-order valence-corrected chi connectivity index (χ0v) is 14.4. The van der Waals surface area contributed by atoms with Gasteiger partial charge in [0, 0.05) is 11.9 Å². The fourth-order valence-electron chi connectivity index (χ4n) is 3.00. The van der Waals surface area contributed by atoms with Gasteiger partial charge in [0.2, 0.25) is 6.10 Å². The molecule has 6 heteroatoms. The molecule has 0 saturated heterocycles. The lowest BCUT2D eigenvalue weighted by Gasteiger charge is -2.31. The van der Waals surface area contributed by atoms with Crippen molar-refractivity contribution < 1.29 is 14.3 Å². The highest BCUT2D eigenvalue weighted by atomic mass is 16.6. The summed E-state index contributed by atoms with van der Waals surface area (Å²) in [6.45, 7) is 2.54. The first-order valence-corrected chi connectivity index (χ1v) is 8.45. The summed E-state index contributed by atoms with van der Waals surface area (Å²) >= 11 is 0. The first-order chi connectivity index (χ1) is 12.7. The van der Waals surface area contributed by atoms with Gasteiger partial charge in [-0.15, -0.1) is 0 Å². The molecular formula is C20H19N3O3. The Morgan fingerprint density at radius 1 is 1.19 bits per heavy atom. The summed E-state index contributed by atoms with van der Waals surface area (Å²) in [6.07, 6.45) is 2.62. The molecule has 1 aliphatic heterocycles. The fraction of sp³-hybridized carbons (Fsp3) is 0.200. The Hall–Kier alpha value is -3.28. The van der Waals surface area contributed by atoms with Crippen molar-refractivity contribution in [3.8, 4) is 11.5 Å². The Balaban J connectivity index is 1.63. The number of para-hydroxylation sites is 3. The minimum atomic E-state index is -0.701. The van der Waals surface area contributed by atoms with Gasteiger partial charge in [0.05, 0.1) is 18.6 Å². The summed E-state index contributed by atoms with van der Waals surface area (Å²) in [7, 11) is 0. The van der Waals surface area contributed by atoms with E-state index in [1.54, 1.807) is 17.4 Å². The normalized spacial score (nSPS) is 15.5. The Labute approximate surface area is 151 Å². The van der Waals surface area contributed by atoms with E-state index in [1.807, 2.05) is 55.5 Å². The molecule has 0 unspecified atom stereocenters. The number of ether oxygens (including phenoxy) is 2. The summed E-state index contributed by atoms with van der Waals surface area (Å²) in [5.41, 5.74) is 2.70. The average Bonchev–Trinajstić information content (AvgIpc) is 3.19. The lowest BCUT2D eigenvalue weighted by molar-refractivity contribution is -0.127. The Bertz CT molecular complexity index is 908. The van der Waals surface area contributed by atoms with Gasteiger partial charge in [0.1, 0.15) is 6.61 Å². The number of aryl methyl sites for hydroxylation is 1. The van der Waals surface area contributed by atoms with Crippen LogP contribution in [-0.4, -0.2) is 28.6 Å². The highest BCUT2D eigenvalue weighted by Crippen LogP contribution is 2.32. The quantitative estimate of drug-likeness (QED) is 0.786. The maximum atomic E-state index is 13.3. The molecule has 3 aromatic rings. The molecule has 1 N–H and O–H groups in total. The molecule has 2 aromatic carbocycles. The molecule has 1 aromatic heterocycles. The van der Waals surface area contributed by atoms with Crippen LogP contribution in [-0.2, 0) is 11.3 Å². The molecule has 26 heavy (non-hydrogen) atoms. The maximum Gasteiger partial charge on any atom is 0.272 e. The lowest BCUT2D eigenvalue weighted by atomic mass is 10.1.